The molecule has 0 aromatic carbocycles. The average Bonchev–Trinajstić information content (AvgIpc) is 2.65. The van der Waals surface area contributed by atoms with Gasteiger partial charge in [-0.15, -0.1) is 0 Å². The largest absolute Gasteiger partial charge is 0.534 e. The lowest BCUT2D eigenvalue weighted by Gasteiger charge is -2.16. The molecule has 1 aliphatic heterocycles. The normalized spacial score (nSPS) is 19.4. The number of halogens is 3. The molecule has 7 nitrogen and oxygen atoms in total. The fourth-order valence-electron chi connectivity index (χ4n) is 1.59. The molecule has 11 heteroatoms. The van der Waals surface area contributed by atoms with Crippen LogP contribution in [0.3, 0.4) is 0 Å². The summed E-state index contributed by atoms with van der Waals surface area (Å²) in [6.45, 7) is 4.31. The van der Waals surface area contributed by atoms with E-state index in [2.05, 4.69) is 8.92 Å². The maximum absolute atomic E-state index is 12.3. The van der Waals surface area contributed by atoms with Gasteiger partial charge in [-0.1, -0.05) is 13.8 Å². The highest BCUT2D eigenvalue weighted by Gasteiger charge is 2.52. The van der Waals surface area contributed by atoms with Crippen LogP contribution in [0.1, 0.15) is 20.8 Å². The SMILES string of the molecule is CCOC(=O)C1=C(OS(=O)(=O)C(F)(F)F)C(=O)O[C@@H]1C(C)C. The van der Waals surface area contributed by atoms with Crippen molar-refractivity contribution in [2.45, 2.75) is 32.4 Å². The Labute approximate surface area is 124 Å². The van der Waals surface area contributed by atoms with E-state index in [9.17, 15) is 31.2 Å². The second kappa shape index (κ2) is 6.15. The summed E-state index contributed by atoms with van der Waals surface area (Å²) < 4.78 is 72.1. The Morgan fingerprint density at radius 3 is 2.32 bits per heavy atom. The lowest BCUT2D eigenvalue weighted by atomic mass is 10.00. The zero-order valence-electron chi connectivity index (χ0n) is 11.8. The van der Waals surface area contributed by atoms with Crippen LogP contribution in [0.15, 0.2) is 11.3 Å². The Morgan fingerprint density at radius 2 is 1.91 bits per heavy atom. The first-order valence-corrected chi connectivity index (χ1v) is 7.46. The molecule has 0 N–H and O–H groups in total. The number of rotatable bonds is 5. The Balaban J connectivity index is 3.35. The van der Waals surface area contributed by atoms with Crippen molar-refractivity contribution in [1.82, 2.24) is 0 Å². The van der Waals surface area contributed by atoms with Crippen molar-refractivity contribution in [3.05, 3.63) is 11.3 Å². The third kappa shape index (κ3) is 3.51. The Hall–Kier alpha value is -1.78. The summed E-state index contributed by atoms with van der Waals surface area (Å²) in [6.07, 6.45) is -1.26. The van der Waals surface area contributed by atoms with Gasteiger partial charge in [0.05, 0.1) is 6.61 Å². The molecule has 0 aromatic heterocycles. The van der Waals surface area contributed by atoms with E-state index in [0.29, 0.717) is 0 Å². The predicted molar refractivity (Wildman–Crippen MR) is 64.4 cm³/mol. The number of carbonyl (C=O) groups excluding carboxylic acids is 2. The molecule has 0 saturated carbocycles. The van der Waals surface area contributed by atoms with Gasteiger partial charge < -0.3 is 13.7 Å². The van der Waals surface area contributed by atoms with Gasteiger partial charge in [-0.05, 0) is 12.8 Å². The second-order valence-electron chi connectivity index (χ2n) is 4.52. The van der Waals surface area contributed by atoms with Crippen LogP contribution < -0.4 is 0 Å². The molecule has 0 spiro atoms. The monoisotopic (exact) mass is 346 g/mol. The van der Waals surface area contributed by atoms with Crippen molar-refractivity contribution in [2.75, 3.05) is 6.61 Å². The third-order valence-electron chi connectivity index (χ3n) is 2.53. The maximum atomic E-state index is 12.3. The van der Waals surface area contributed by atoms with Crippen molar-refractivity contribution < 1.29 is 44.8 Å². The summed E-state index contributed by atoms with van der Waals surface area (Å²) in [5.74, 6) is -4.50. The first-order chi connectivity index (χ1) is 9.92. The lowest BCUT2D eigenvalue weighted by Crippen LogP contribution is -2.27. The molecule has 1 heterocycles. The molecule has 0 aromatic rings. The van der Waals surface area contributed by atoms with Crippen LogP contribution in [0.2, 0.25) is 0 Å². The third-order valence-corrected chi connectivity index (χ3v) is 3.48. The fraction of sp³-hybridized carbons (Fsp3) is 0.636. The molecule has 0 bridgehead atoms. The first kappa shape index (κ1) is 18.3. The van der Waals surface area contributed by atoms with Crippen molar-refractivity contribution in [3.63, 3.8) is 0 Å². The van der Waals surface area contributed by atoms with Gasteiger partial charge in [-0.2, -0.15) is 21.6 Å². The smallest absolute Gasteiger partial charge is 0.462 e. The molecule has 0 amide bonds. The van der Waals surface area contributed by atoms with E-state index in [0.717, 1.165) is 0 Å². The minimum Gasteiger partial charge on any atom is -0.462 e. The number of cyclic esters (lactones) is 1. The Morgan fingerprint density at radius 1 is 1.36 bits per heavy atom. The topological polar surface area (TPSA) is 96.0 Å². The standard InChI is InChI=1S/C11H13F3O7S/c1-4-19-9(15)6-7(5(2)3)20-10(16)8(6)21-22(17,18)11(12,13)14/h5,7H,4H2,1-3H3/t7-/m1/s1. The quantitative estimate of drug-likeness (QED) is 0.420. The molecular formula is C11H13F3O7S. The van der Waals surface area contributed by atoms with Crippen LogP contribution in [0.4, 0.5) is 13.2 Å². The molecule has 22 heavy (non-hydrogen) atoms. The van der Waals surface area contributed by atoms with Crippen LogP contribution in [0, 0.1) is 5.92 Å². The molecule has 1 aliphatic rings. The van der Waals surface area contributed by atoms with E-state index in [1.807, 2.05) is 0 Å². The molecule has 0 unspecified atom stereocenters. The van der Waals surface area contributed by atoms with Crippen molar-refractivity contribution >= 4 is 22.1 Å². The minimum atomic E-state index is -6.11. The summed E-state index contributed by atoms with van der Waals surface area (Å²) >= 11 is 0. The number of hydrogen-bond acceptors (Lipinski definition) is 7. The van der Waals surface area contributed by atoms with E-state index >= 15 is 0 Å². The van der Waals surface area contributed by atoms with Crippen LogP contribution >= 0.6 is 0 Å². The highest BCUT2D eigenvalue weighted by atomic mass is 32.2. The zero-order chi connectivity index (χ0) is 17.3. The van der Waals surface area contributed by atoms with Gasteiger partial charge in [-0.25, -0.2) is 9.59 Å². The summed E-state index contributed by atoms with van der Waals surface area (Å²) in [5, 5.41) is 0. The van der Waals surface area contributed by atoms with Crippen molar-refractivity contribution in [3.8, 4) is 0 Å². The summed E-state index contributed by atoms with van der Waals surface area (Å²) in [4.78, 5) is 23.4. The summed E-state index contributed by atoms with van der Waals surface area (Å²) in [5.41, 5.74) is -6.44. The molecule has 0 saturated heterocycles. The van der Waals surface area contributed by atoms with Gasteiger partial charge in [0.25, 0.3) is 0 Å². The van der Waals surface area contributed by atoms with Gasteiger partial charge in [0.1, 0.15) is 11.7 Å². The van der Waals surface area contributed by atoms with E-state index < -0.39 is 50.9 Å². The average molecular weight is 346 g/mol. The number of carbonyl (C=O) groups is 2. The van der Waals surface area contributed by atoms with E-state index in [4.69, 9.17) is 4.74 Å². The van der Waals surface area contributed by atoms with Gasteiger partial charge >= 0.3 is 27.6 Å². The maximum Gasteiger partial charge on any atom is 0.534 e. The van der Waals surface area contributed by atoms with Gasteiger partial charge in [0, 0.05) is 0 Å². The zero-order valence-corrected chi connectivity index (χ0v) is 12.6. The first-order valence-electron chi connectivity index (χ1n) is 6.05. The number of hydrogen-bond donors (Lipinski definition) is 0. The van der Waals surface area contributed by atoms with Crippen LogP contribution in [-0.4, -0.2) is 38.6 Å². The van der Waals surface area contributed by atoms with Crippen molar-refractivity contribution in [1.29, 1.82) is 0 Å². The van der Waals surface area contributed by atoms with Crippen LogP contribution in [0.5, 0.6) is 0 Å². The number of ether oxygens (including phenoxy) is 2. The molecule has 126 valence electrons. The van der Waals surface area contributed by atoms with Crippen LogP contribution in [-0.2, 0) is 33.4 Å². The molecule has 0 fully saturated rings. The predicted octanol–water partition coefficient (Wildman–Crippen LogP) is 1.25. The van der Waals surface area contributed by atoms with Crippen molar-refractivity contribution in [2.24, 2.45) is 5.92 Å². The minimum absolute atomic E-state index is 0.138. The molecule has 1 atom stereocenters. The lowest BCUT2D eigenvalue weighted by molar-refractivity contribution is -0.144. The molecule has 0 aliphatic carbocycles. The van der Waals surface area contributed by atoms with E-state index in [1.54, 1.807) is 0 Å². The summed E-state index contributed by atoms with van der Waals surface area (Å²) in [7, 11) is -6.11. The highest BCUT2D eigenvalue weighted by molar-refractivity contribution is 7.87. The molecule has 0 radical (unpaired) electrons. The fourth-order valence-corrected chi connectivity index (χ4v) is 2.06. The van der Waals surface area contributed by atoms with E-state index in [1.165, 1.54) is 20.8 Å². The van der Waals surface area contributed by atoms with Gasteiger partial charge in [0.15, 0.2) is 0 Å². The number of alkyl halides is 3. The Kier molecular flexibility index (Phi) is 5.10. The molecular weight excluding hydrogens is 333 g/mol. The number of esters is 2. The highest BCUT2D eigenvalue weighted by Crippen LogP contribution is 2.34. The van der Waals surface area contributed by atoms with Gasteiger partial charge in [-0.3, -0.25) is 0 Å². The second-order valence-corrected chi connectivity index (χ2v) is 6.05. The molecule has 1 rings (SSSR count). The Bertz CT molecular complexity index is 604. The van der Waals surface area contributed by atoms with Crippen LogP contribution in [0.25, 0.3) is 0 Å². The summed E-state index contributed by atoms with van der Waals surface area (Å²) in [6, 6.07) is 0. The van der Waals surface area contributed by atoms with E-state index in [-0.39, 0.29) is 6.61 Å². The van der Waals surface area contributed by atoms with Gasteiger partial charge in [0.2, 0.25) is 5.76 Å².